The van der Waals surface area contributed by atoms with E-state index in [1.54, 1.807) is 0 Å². The van der Waals surface area contributed by atoms with Crippen LogP contribution in [0.5, 0.6) is 0 Å². The summed E-state index contributed by atoms with van der Waals surface area (Å²) < 4.78 is 0. The Bertz CT molecular complexity index is 170. The molecule has 3 heteroatoms. The minimum atomic E-state index is 0.0925. The van der Waals surface area contributed by atoms with Crippen molar-refractivity contribution in [3.63, 3.8) is 0 Å². The van der Waals surface area contributed by atoms with E-state index in [-0.39, 0.29) is 11.8 Å². The molecule has 1 rings (SSSR count). The second kappa shape index (κ2) is 3.90. The number of hydrogen-bond acceptors (Lipinski definition) is 2. The van der Waals surface area contributed by atoms with Crippen molar-refractivity contribution in [2.45, 2.75) is 20.3 Å². The highest BCUT2D eigenvalue weighted by atomic mass is 16.2. The number of nitrogens with zero attached hydrogens (tertiary/aromatic N) is 1. The van der Waals surface area contributed by atoms with Gasteiger partial charge < -0.3 is 10.6 Å². The van der Waals surface area contributed by atoms with E-state index in [1.807, 2.05) is 11.8 Å². The summed E-state index contributed by atoms with van der Waals surface area (Å²) in [5.74, 6) is 0.837. The molecular formula is C9H18N2O. The fraction of sp³-hybridized carbons (Fsp3) is 0.889. The van der Waals surface area contributed by atoms with Crippen molar-refractivity contribution in [2.75, 3.05) is 19.6 Å². The number of hydrogen-bond donors (Lipinski definition) is 1. The van der Waals surface area contributed by atoms with Crippen LogP contribution in [0.1, 0.15) is 20.3 Å². The summed E-state index contributed by atoms with van der Waals surface area (Å²) in [5.41, 5.74) is 5.56. The fourth-order valence-electron chi connectivity index (χ4n) is 1.93. The van der Waals surface area contributed by atoms with Gasteiger partial charge in [-0.3, -0.25) is 4.79 Å². The molecule has 0 radical (unpaired) electrons. The summed E-state index contributed by atoms with van der Waals surface area (Å²) >= 11 is 0. The molecule has 0 spiro atoms. The first-order valence-electron chi connectivity index (χ1n) is 4.73. The van der Waals surface area contributed by atoms with Crippen molar-refractivity contribution in [3.8, 4) is 0 Å². The third-order valence-corrected chi connectivity index (χ3v) is 2.81. The molecule has 2 atom stereocenters. The third kappa shape index (κ3) is 1.46. The minimum absolute atomic E-state index is 0.0925. The quantitative estimate of drug-likeness (QED) is 0.668. The van der Waals surface area contributed by atoms with Gasteiger partial charge in [0.2, 0.25) is 5.91 Å². The zero-order chi connectivity index (χ0) is 9.14. The van der Waals surface area contributed by atoms with Crippen molar-refractivity contribution in [1.29, 1.82) is 0 Å². The van der Waals surface area contributed by atoms with Crippen LogP contribution < -0.4 is 5.73 Å². The van der Waals surface area contributed by atoms with Crippen molar-refractivity contribution >= 4 is 5.91 Å². The van der Waals surface area contributed by atoms with Gasteiger partial charge in [-0.1, -0.05) is 13.3 Å². The molecule has 2 unspecified atom stereocenters. The maximum Gasteiger partial charge on any atom is 0.227 e. The van der Waals surface area contributed by atoms with Crippen LogP contribution in [0.2, 0.25) is 0 Å². The van der Waals surface area contributed by atoms with Crippen LogP contribution in [0, 0.1) is 11.8 Å². The normalized spacial score (nSPS) is 29.9. The smallest absolute Gasteiger partial charge is 0.227 e. The van der Waals surface area contributed by atoms with Crippen LogP contribution in [0.25, 0.3) is 0 Å². The molecule has 0 saturated carbocycles. The van der Waals surface area contributed by atoms with Gasteiger partial charge in [-0.25, -0.2) is 0 Å². The Labute approximate surface area is 73.9 Å². The lowest BCUT2D eigenvalue weighted by Crippen LogP contribution is -2.30. The van der Waals surface area contributed by atoms with Gasteiger partial charge in [0.05, 0.1) is 5.92 Å². The third-order valence-electron chi connectivity index (χ3n) is 2.81. The van der Waals surface area contributed by atoms with Gasteiger partial charge in [0.25, 0.3) is 0 Å². The molecule has 1 aliphatic rings. The molecule has 0 aromatic heterocycles. The van der Waals surface area contributed by atoms with Crippen LogP contribution in [0.4, 0.5) is 0 Å². The Balaban J connectivity index is 2.65. The predicted octanol–water partition coefficient (Wildman–Crippen LogP) is 0.450. The van der Waals surface area contributed by atoms with Gasteiger partial charge in [-0.05, 0) is 12.8 Å². The number of carbonyl (C=O) groups excluding carboxylic acids is 1. The Morgan fingerprint density at radius 1 is 1.58 bits per heavy atom. The molecule has 0 aliphatic carbocycles. The van der Waals surface area contributed by atoms with E-state index in [0.29, 0.717) is 12.5 Å². The van der Waals surface area contributed by atoms with E-state index in [4.69, 9.17) is 5.73 Å². The highest BCUT2D eigenvalue weighted by Gasteiger charge is 2.37. The molecule has 0 aromatic carbocycles. The number of nitrogens with two attached hydrogens (primary N) is 1. The molecule has 0 aromatic rings. The summed E-state index contributed by atoms with van der Waals surface area (Å²) in [4.78, 5) is 13.5. The highest BCUT2D eigenvalue weighted by Crippen LogP contribution is 2.25. The van der Waals surface area contributed by atoms with Gasteiger partial charge in [0, 0.05) is 19.6 Å². The summed E-state index contributed by atoms with van der Waals surface area (Å²) in [6, 6.07) is 0. The van der Waals surface area contributed by atoms with E-state index in [1.165, 1.54) is 0 Å². The van der Waals surface area contributed by atoms with Crippen LogP contribution in [-0.4, -0.2) is 30.4 Å². The molecule has 1 saturated heterocycles. The Morgan fingerprint density at radius 2 is 2.25 bits per heavy atom. The van der Waals surface area contributed by atoms with Crippen molar-refractivity contribution in [2.24, 2.45) is 17.6 Å². The zero-order valence-corrected chi connectivity index (χ0v) is 7.92. The van der Waals surface area contributed by atoms with Gasteiger partial charge in [0.1, 0.15) is 0 Å². The van der Waals surface area contributed by atoms with Crippen LogP contribution >= 0.6 is 0 Å². The summed E-state index contributed by atoms with van der Waals surface area (Å²) in [6.07, 6.45) is 1.06. The SMILES string of the molecule is CCC1CN(CC)C(=O)C1CN. The molecule has 12 heavy (non-hydrogen) atoms. The second-order valence-corrected chi connectivity index (χ2v) is 3.39. The maximum atomic E-state index is 11.6. The summed E-state index contributed by atoms with van der Waals surface area (Å²) in [6.45, 7) is 6.39. The Hall–Kier alpha value is -0.570. The zero-order valence-electron chi connectivity index (χ0n) is 7.92. The first kappa shape index (κ1) is 9.52. The average Bonchev–Trinajstić information content (AvgIpc) is 2.41. The number of likely N-dealkylation sites (tertiary alicyclic amines) is 1. The van der Waals surface area contributed by atoms with Crippen molar-refractivity contribution in [3.05, 3.63) is 0 Å². The lowest BCUT2D eigenvalue weighted by Gasteiger charge is -2.12. The number of carbonyl (C=O) groups is 1. The number of amides is 1. The van der Waals surface area contributed by atoms with Crippen molar-refractivity contribution < 1.29 is 4.79 Å². The molecule has 1 amide bonds. The predicted molar refractivity (Wildman–Crippen MR) is 48.6 cm³/mol. The topological polar surface area (TPSA) is 46.3 Å². The van der Waals surface area contributed by atoms with Gasteiger partial charge in [0.15, 0.2) is 0 Å². The lowest BCUT2D eigenvalue weighted by atomic mass is 9.93. The minimum Gasteiger partial charge on any atom is -0.342 e. The van der Waals surface area contributed by atoms with Crippen LogP contribution in [0.3, 0.4) is 0 Å². The molecule has 1 fully saturated rings. The molecule has 3 nitrogen and oxygen atoms in total. The van der Waals surface area contributed by atoms with E-state index in [0.717, 1.165) is 19.5 Å². The molecule has 70 valence electrons. The first-order valence-corrected chi connectivity index (χ1v) is 4.73. The standard InChI is InChI=1S/C9H18N2O/c1-3-7-6-11(4-2)9(12)8(7)5-10/h7-8H,3-6,10H2,1-2H3. The Kier molecular flexibility index (Phi) is 3.09. The van der Waals surface area contributed by atoms with Gasteiger partial charge in [-0.15, -0.1) is 0 Å². The van der Waals surface area contributed by atoms with Crippen molar-refractivity contribution in [1.82, 2.24) is 4.90 Å². The van der Waals surface area contributed by atoms with Gasteiger partial charge in [-0.2, -0.15) is 0 Å². The van der Waals surface area contributed by atoms with E-state index < -0.39 is 0 Å². The number of rotatable bonds is 3. The average molecular weight is 170 g/mol. The first-order chi connectivity index (χ1) is 5.74. The fourth-order valence-corrected chi connectivity index (χ4v) is 1.93. The maximum absolute atomic E-state index is 11.6. The summed E-state index contributed by atoms with van der Waals surface area (Å²) in [7, 11) is 0. The monoisotopic (exact) mass is 170 g/mol. The van der Waals surface area contributed by atoms with E-state index >= 15 is 0 Å². The Morgan fingerprint density at radius 3 is 2.58 bits per heavy atom. The molecule has 1 aliphatic heterocycles. The lowest BCUT2D eigenvalue weighted by molar-refractivity contribution is -0.130. The molecular weight excluding hydrogens is 152 g/mol. The summed E-state index contributed by atoms with van der Waals surface area (Å²) in [5, 5.41) is 0. The van der Waals surface area contributed by atoms with E-state index in [9.17, 15) is 4.79 Å². The van der Waals surface area contributed by atoms with Gasteiger partial charge >= 0.3 is 0 Å². The van der Waals surface area contributed by atoms with E-state index in [2.05, 4.69) is 6.92 Å². The highest BCUT2D eigenvalue weighted by molar-refractivity contribution is 5.81. The van der Waals surface area contributed by atoms with Crippen LogP contribution in [0.15, 0.2) is 0 Å². The second-order valence-electron chi connectivity index (χ2n) is 3.39. The largest absolute Gasteiger partial charge is 0.342 e. The molecule has 1 heterocycles. The van der Waals surface area contributed by atoms with Crippen LogP contribution in [-0.2, 0) is 4.79 Å². The molecule has 2 N–H and O–H groups in total. The molecule has 0 bridgehead atoms.